The van der Waals surface area contributed by atoms with Crippen LogP contribution in [0.15, 0.2) is 0 Å². The van der Waals surface area contributed by atoms with E-state index in [1.807, 2.05) is 0 Å². The van der Waals surface area contributed by atoms with Crippen LogP contribution in [0.4, 0.5) is 0 Å². The van der Waals surface area contributed by atoms with Crippen molar-refractivity contribution in [2.24, 2.45) is 17.8 Å². The van der Waals surface area contributed by atoms with Gasteiger partial charge in [0.15, 0.2) is 5.78 Å². The molecule has 1 saturated heterocycles. The third-order valence-electron chi connectivity index (χ3n) is 7.25. The third-order valence-corrected chi connectivity index (χ3v) is 8.38. The molecule has 3 fully saturated rings. The first-order valence-corrected chi connectivity index (χ1v) is 11.7. The maximum Gasteiger partial charge on any atom is 0.189 e. The molecule has 0 amide bonds. The molecule has 0 aromatic rings. The van der Waals surface area contributed by atoms with E-state index in [0.717, 1.165) is 64.0 Å². The number of carbonyl (C=O) groups is 1. The third kappa shape index (κ3) is 6.28. The molecule has 0 bridgehead atoms. The number of quaternary nitrogens is 2. The second-order valence-electron chi connectivity index (χ2n) is 9.17. The van der Waals surface area contributed by atoms with E-state index in [2.05, 4.69) is 0 Å². The van der Waals surface area contributed by atoms with Gasteiger partial charge < -0.3 is 10.1 Å². The Morgan fingerprint density at radius 2 is 1.59 bits per heavy atom. The van der Waals surface area contributed by atoms with Crippen LogP contribution in [0.2, 0.25) is 0 Å². The summed E-state index contributed by atoms with van der Waals surface area (Å²) < 4.78 is 0. The van der Waals surface area contributed by atoms with Crippen molar-refractivity contribution >= 4 is 29.0 Å². The molecule has 4 unspecified atom stereocenters. The first-order chi connectivity index (χ1) is 12.9. The van der Waals surface area contributed by atoms with Crippen LogP contribution in [0.3, 0.4) is 0 Å². The summed E-state index contributed by atoms with van der Waals surface area (Å²) in [6, 6.07) is -0.111. The molecule has 4 atom stereocenters. The number of halogens is 2. The van der Waals surface area contributed by atoms with Crippen LogP contribution in [0.25, 0.3) is 0 Å². The van der Waals surface area contributed by atoms with Crippen molar-refractivity contribution in [2.45, 2.75) is 81.0 Å². The summed E-state index contributed by atoms with van der Waals surface area (Å²) in [6.07, 6.45) is 10.00. The van der Waals surface area contributed by atoms with Gasteiger partial charge in [-0.1, -0.05) is 0 Å². The molecule has 1 heterocycles. The Kier molecular flexibility index (Phi) is 8.25. The van der Waals surface area contributed by atoms with Gasteiger partial charge in [-0.2, -0.15) is 0 Å². The number of Topliss-reactive ketones (excluding diaryl/α,β-unsaturated/α-hetero) is 1. The zero-order valence-electron chi connectivity index (χ0n) is 16.2. The first kappa shape index (κ1) is 21.8. The van der Waals surface area contributed by atoms with Crippen LogP contribution in [0.1, 0.15) is 64.2 Å². The number of nitrogens with one attached hydrogen (secondary N) is 2. The van der Waals surface area contributed by atoms with Gasteiger partial charge in [-0.25, -0.2) is 10.4 Å². The van der Waals surface area contributed by atoms with Crippen molar-refractivity contribution < 1.29 is 20.1 Å². The lowest BCUT2D eigenvalue weighted by Gasteiger charge is -2.35. The zero-order valence-corrected chi connectivity index (χ0v) is 17.7. The maximum atomic E-state index is 12.6. The molecule has 3 N–H and O–H groups in total. The monoisotopic (exact) mass is 421 g/mol. The molecule has 0 aromatic carbocycles. The van der Waals surface area contributed by atoms with E-state index in [4.69, 9.17) is 28.4 Å². The van der Waals surface area contributed by atoms with Crippen LogP contribution in [-0.2, 0) is 4.79 Å². The Morgan fingerprint density at radius 3 is 2.19 bits per heavy atom. The van der Waals surface area contributed by atoms with Gasteiger partial charge in [0.1, 0.15) is 12.6 Å². The van der Waals surface area contributed by atoms with Crippen molar-refractivity contribution in [2.75, 3.05) is 19.6 Å². The van der Waals surface area contributed by atoms with Gasteiger partial charge in [0.25, 0.3) is 0 Å². The number of hydrogen-bond donors (Lipinski definition) is 3. The molecule has 1 aliphatic heterocycles. The van der Waals surface area contributed by atoms with Gasteiger partial charge >= 0.3 is 0 Å². The van der Waals surface area contributed by atoms with Gasteiger partial charge in [-0.3, -0.25) is 4.79 Å². The minimum atomic E-state index is -0.616. The highest BCUT2D eigenvalue weighted by Gasteiger charge is 2.34. The van der Waals surface area contributed by atoms with Gasteiger partial charge in [0, 0.05) is 24.1 Å². The number of ketones is 1. The number of carbonyl (C=O) groups excluding carboxylic acids is 1. The molecule has 3 rings (SSSR count). The highest BCUT2D eigenvalue weighted by Crippen LogP contribution is 2.32. The molecule has 5 nitrogen and oxygen atoms in total. The first-order valence-electron chi connectivity index (χ1n) is 10.8. The largest absolute Gasteiger partial charge is 0.600 e. The number of alkyl halides is 2. The quantitative estimate of drug-likeness (QED) is 0.450. The van der Waals surface area contributed by atoms with Crippen molar-refractivity contribution in [3.8, 4) is 0 Å². The maximum absolute atomic E-state index is 12.6. The number of likely N-dealkylation sites (tertiary alicyclic amines) is 1. The van der Waals surface area contributed by atoms with E-state index in [0.29, 0.717) is 18.2 Å². The second-order valence-corrected chi connectivity index (χ2v) is 10.3. The number of hydrogen-bond acceptors (Lipinski definition) is 3. The van der Waals surface area contributed by atoms with Gasteiger partial charge in [-0.15, -0.1) is 23.2 Å². The van der Waals surface area contributed by atoms with E-state index in [-0.39, 0.29) is 22.7 Å². The van der Waals surface area contributed by atoms with Crippen LogP contribution < -0.4 is 10.1 Å². The minimum absolute atomic E-state index is 0.0179. The summed E-state index contributed by atoms with van der Waals surface area (Å²) in [7, 11) is 0. The average molecular weight is 422 g/mol. The van der Waals surface area contributed by atoms with Crippen molar-refractivity contribution in [3.63, 3.8) is 0 Å². The summed E-state index contributed by atoms with van der Waals surface area (Å²) in [5.41, 5.74) is 0. The number of rotatable bonds is 6. The predicted molar refractivity (Wildman–Crippen MR) is 106 cm³/mol. The summed E-state index contributed by atoms with van der Waals surface area (Å²) in [4.78, 5) is 14.1. The Labute approximate surface area is 172 Å². The lowest BCUT2D eigenvalue weighted by Crippen LogP contribution is -3.14. The summed E-state index contributed by atoms with van der Waals surface area (Å²) in [5, 5.41) is 19.5. The lowest BCUT2D eigenvalue weighted by atomic mass is 9.78. The molecule has 2 aliphatic carbocycles. The topological polar surface area (TPSA) is 69.2 Å². The van der Waals surface area contributed by atoms with Crippen molar-refractivity contribution in [1.82, 2.24) is 0 Å². The molecule has 27 heavy (non-hydrogen) atoms. The average Bonchev–Trinajstić information content (AvgIpc) is 2.66. The van der Waals surface area contributed by atoms with Gasteiger partial charge in [-0.05, 0) is 63.2 Å². The molecule has 0 radical (unpaired) electrons. The van der Waals surface area contributed by atoms with Crippen molar-refractivity contribution in [1.29, 1.82) is 0 Å². The molecule has 2 saturated carbocycles. The van der Waals surface area contributed by atoms with Crippen LogP contribution in [0, 0.1) is 23.0 Å². The number of piperidine rings is 1. The highest BCUT2D eigenvalue weighted by atomic mass is 35.5. The summed E-state index contributed by atoms with van der Waals surface area (Å²) >= 11 is 12.4. The molecular weight excluding hydrogens is 387 g/mol. The molecular formula is C20H35Cl2N2O3+. The van der Waals surface area contributed by atoms with E-state index < -0.39 is 5.23 Å². The highest BCUT2D eigenvalue weighted by molar-refractivity contribution is 6.30. The molecule has 3 aliphatic rings. The van der Waals surface area contributed by atoms with Crippen LogP contribution in [0.5, 0.6) is 0 Å². The Hall–Kier alpha value is 0.0900. The van der Waals surface area contributed by atoms with E-state index in [1.165, 1.54) is 24.2 Å². The SMILES string of the molecule is O=C(C[NH+]1CCC(CC2CCC([NH+]([O-])O)CC2)CC1)C1CCC(Cl)C(Cl)C1. The fourth-order valence-electron chi connectivity index (χ4n) is 5.38. The molecule has 156 valence electrons. The number of hydroxylamine groups is 2. The fourth-order valence-corrected chi connectivity index (χ4v) is 5.95. The predicted octanol–water partition coefficient (Wildman–Crippen LogP) is 1.59. The zero-order chi connectivity index (χ0) is 19.4. The smallest absolute Gasteiger partial charge is 0.189 e. The molecule has 0 aromatic heterocycles. The normalized spacial score (nSPS) is 41.9. The van der Waals surface area contributed by atoms with Gasteiger partial charge in [0.2, 0.25) is 0 Å². The summed E-state index contributed by atoms with van der Waals surface area (Å²) in [6.45, 7) is 2.84. The lowest BCUT2D eigenvalue weighted by molar-refractivity contribution is -1.07. The Balaban J connectivity index is 1.34. The van der Waals surface area contributed by atoms with Gasteiger partial charge in [0.05, 0.1) is 18.5 Å². The second kappa shape index (κ2) is 10.2. The Morgan fingerprint density at radius 1 is 0.963 bits per heavy atom. The fraction of sp³-hybridized carbons (Fsp3) is 0.950. The Bertz CT molecular complexity index is 478. The minimum Gasteiger partial charge on any atom is -0.600 e. The van der Waals surface area contributed by atoms with E-state index in [1.54, 1.807) is 0 Å². The van der Waals surface area contributed by atoms with E-state index >= 15 is 0 Å². The molecule has 0 spiro atoms. The summed E-state index contributed by atoms with van der Waals surface area (Å²) in [5.74, 6) is 1.95. The van der Waals surface area contributed by atoms with E-state index in [9.17, 15) is 10.0 Å². The van der Waals surface area contributed by atoms with Crippen LogP contribution in [-0.4, -0.2) is 47.4 Å². The standard InChI is InChI=1S/C20H34Cl2N2O3/c21-18-6-3-16(12-19(18)22)20(25)13-23-9-7-15(8-10-23)11-14-1-4-17(5-2-14)24(26)27/h14-19,24,26H,1-13H2/p+1. The van der Waals surface area contributed by atoms with Crippen molar-refractivity contribution in [3.05, 3.63) is 5.21 Å². The van der Waals surface area contributed by atoms with Crippen LogP contribution >= 0.6 is 23.2 Å². The molecule has 7 heteroatoms.